The Morgan fingerprint density at radius 3 is 1.89 bits per heavy atom. The topological polar surface area (TPSA) is 17.1 Å². The summed E-state index contributed by atoms with van der Waals surface area (Å²) >= 11 is 1.65. The van der Waals surface area contributed by atoms with E-state index in [1.54, 1.807) is 11.4 Å². The molecular weight excluding hydrogens is 271 g/mol. The molecule has 0 fully saturated rings. The second kappa shape index (κ2) is 9.66. The van der Waals surface area contributed by atoms with Crippen LogP contribution < -0.4 is 0 Å². The minimum Gasteiger partial charge on any atom is -0.312 e. The molecule has 0 heterocycles. The summed E-state index contributed by atoms with van der Waals surface area (Å²) in [6.07, 6.45) is 6.75. The molecular formula is C16H27OPS. The van der Waals surface area contributed by atoms with Crippen molar-refractivity contribution in [1.82, 2.24) is 0 Å². The molecule has 1 rings (SSSR count). The summed E-state index contributed by atoms with van der Waals surface area (Å²) in [5, 5.41) is 0. The molecule has 0 aliphatic carbocycles. The van der Waals surface area contributed by atoms with Gasteiger partial charge in [0, 0.05) is 17.2 Å². The SMILES string of the molecule is CCCCCP(=O)(CCCCC)Sc1ccccc1. The molecule has 3 heteroatoms. The van der Waals surface area contributed by atoms with E-state index in [0.717, 1.165) is 25.2 Å². The third-order valence-corrected chi connectivity index (χ3v) is 8.76. The van der Waals surface area contributed by atoms with Crippen LogP contribution in [0.15, 0.2) is 35.2 Å². The van der Waals surface area contributed by atoms with Crippen LogP contribution in [-0.4, -0.2) is 12.3 Å². The van der Waals surface area contributed by atoms with Gasteiger partial charge in [-0.1, -0.05) is 69.1 Å². The summed E-state index contributed by atoms with van der Waals surface area (Å²) in [5.74, 6) is 0. The first-order chi connectivity index (χ1) is 9.20. The van der Waals surface area contributed by atoms with Crippen LogP contribution in [0, 0.1) is 0 Å². The summed E-state index contributed by atoms with van der Waals surface area (Å²) in [7, 11) is 0. The third kappa shape index (κ3) is 7.22. The maximum atomic E-state index is 13.1. The Balaban J connectivity index is 2.59. The van der Waals surface area contributed by atoms with Crippen LogP contribution in [0.3, 0.4) is 0 Å². The zero-order valence-corrected chi connectivity index (χ0v) is 14.0. The predicted molar refractivity (Wildman–Crippen MR) is 88.7 cm³/mol. The van der Waals surface area contributed by atoms with Crippen molar-refractivity contribution in [3.05, 3.63) is 30.3 Å². The van der Waals surface area contributed by atoms with Gasteiger partial charge in [-0.3, -0.25) is 0 Å². The Morgan fingerprint density at radius 1 is 0.895 bits per heavy atom. The van der Waals surface area contributed by atoms with E-state index in [4.69, 9.17) is 0 Å². The fourth-order valence-electron chi connectivity index (χ4n) is 2.08. The highest BCUT2D eigenvalue weighted by Gasteiger charge is 2.22. The Hall–Kier alpha value is -0.200. The van der Waals surface area contributed by atoms with Gasteiger partial charge in [-0.15, -0.1) is 0 Å². The van der Waals surface area contributed by atoms with Gasteiger partial charge in [0.05, 0.1) is 0 Å². The number of unbranched alkanes of at least 4 members (excludes halogenated alkanes) is 4. The molecule has 0 aromatic heterocycles. The van der Waals surface area contributed by atoms with Crippen molar-refractivity contribution in [3.8, 4) is 0 Å². The highest BCUT2D eigenvalue weighted by molar-refractivity contribution is 8.58. The lowest BCUT2D eigenvalue weighted by atomic mass is 10.3. The molecule has 0 aliphatic heterocycles. The van der Waals surface area contributed by atoms with E-state index in [2.05, 4.69) is 26.0 Å². The zero-order valence-electron chi connectivity index (χ0n) is 12.3. The van der Waals surface area contributed by atoms with Gasteiger partial charge < -0.3 is 4.57 Å². The molecule has 0 saturated carbocycles. The average molecular weight is 298 g/mol. The monoisotopic (exact) mass is 298 g/mol. The molecule has 1 aromatic carbocycles. The lowest BCUT2D eigenvalue weighted by Gasteiger charge is -2.17. The van der Waals surface area contributed by atoms with Gasteiger partial charge in [-0.2, -0.15) is 0 Å². The van der Waals surface area contributed by atoms with Crippen LogP contribution in [0.2, 0.25) is 0 Å². The van der Waals surface area contributed by atoms with E-state index in [1.807, 2.05) is 18.2 Å². The van der Waals surface area contributed by atoms with Gasteiger partial charge in [-0.05, 0) is 25.0 Å². The van der Waals surface area contributed by atoms with Crippen LogP contribution >= 0.6 is 17.7 Å². The highest BCUT2D eigenvalue weighted by atomic mass is 32.7. The fourth-order valence-corrected chi connectivity index (χ4v) is 7.40. The standard InChI is InChI=1S/C16H27OPS/c1-3-5-10-14-18(17,15-11-6-4-2)19-16-12-8-7-9-13-16/h7-9,12-13H,3-6,10-11,14-15H2,1-2H3. The molecule has 1 nitrogen and oxygen atoms in total. The van der Waals surface area contributed by atoms with Crippen molar-refractivity contribution in [2.24, 2.45) is 0 Å². The molecule has 108 valence electrons. The fraction of sp³-hybridized carbons (Fsp3) is 0.625. The minimum atomic E-state index is -2.08. The van der Waals surface area contributed by atoms with Crippen molar-refractivity contribution in [2.75, 3.05) is 12.3 Å². The quantitative estimate of drug-likeness (QED) is 0.365. The predicted octanol–water partition coefficient (Wildman–Crippen LogP) is 6.44. The number of benzene rings is 1. The lowest BCUT2D eigenvalue weighted by Crippen LogP contribution is -1.93. The van der Waals surface area contributed by atoms with E-state index in [9.17, 15) is 4.57 Å². The van der Waals surface area contributed by atoms with E-state index in [0.29, 0.717) is 0 Å². The molecule has 0 spiro atoms. The molecule has 0 aliphatic rings. The van der Waals surface area contributed by atoms with Crippen molar-refractivity contribution in [2.45, 2.75) is 57.3 Å². The van der Waals surface area contributed by atoms with Gasteiger partial charge in [0.15, 0.2) is 0 Å². The molecule has 0 amide bonds. The first-order valence-corrected chi connectivity index (χ1v) is 11.0. The summed E-state index contributed by atoms with van der Waals surface area (Å²) in [6, 6.07) is 10.2. The molecule has 1 aromatic rings. The Kier molecular flexibility index (Phi) is 8.57. The maximum absolute atomic E-state index is 13.1. The first-order valence-electron chi connectivity index (χ1n) is 7.53. The Labute approximate surface area is 122 Å². The number of hydrogen-bond donors (Lipinski definition) is 0. The van der Waals surface area contributed by atoms with Gasteiger partial charge >= 0.3 is 0 Å². The van der Waals surface area contributed by atoms with E-state index < -0.39 is 6.34 Å². The molecule has 0 saturated heterocycles. The second-order valence-corrected chi connectivity index (χ2v) is 10.8. The van der Waals surface area contributed by atoms with Crippen molar-refractivity contribution in [3.63, 3.8) is 0 Å². The highest BCUT2D eigenvalue weighted by Crippen LogP contribution is 2.62. The minimum absolute atomic E-state index is 0.907. The number of rotatable bonds is 10. The van der Waals surface area contributed by atoms with Crippen LogP contribution in [0.4, 0.5) is 0 Å². The van der Waals surface area contributed by atoms with Gasteiger partial charge in [0.1, 0.15) is 6.34 Å². The summed E-state index contributed by atoms with van der Waals surface area (Å²) in [5.41, 5.74) is 0. The first kappa shape index (κ1) is 16.9. The Morgan fingerprint density at radius 2 is 1.42 bits per heavy atom. The third-order valence-electron chi connectivity index (χ3n) is 3.22. The van der Waals surface area contributed by atoms with Crippen molar-refractivity contribution >= 4 is 17.7 Å². The summed E-state index contributed by atoms with van der Waals surface area (Å²) < 4.78 is 13.1. The lowest BCUT2D eigenvalue weighted by molar-refractivity contribution is 0.578. The Bertz CT molecular complexity index is 364. The second-order valence-electron chi connectivity index (χ2n) is 5.08. The van der Waals surface area contributed by atoms with E-state index in [1.165, 1.54) is 30.6 Å². The van der Waals surface area contributed by atoms with Gasteiger partial charge in [0.25, 0.3) is 0 Å². The normalized spacial score (nSPS) is 11.7. The average Bonchev–Trinajstić information content (AvgIpc) is 2.40. The van der Waals surface area contributed by atoms with E-state index >= 15 is 0 Å². The smallest absolute Gasteiger partial charge is 0.143 e. The molecule has 0 radical (unpaired) electrons. The molecule has 0 bridgehead atoms. The number of hydrogen-bond acceptors (Lipinski definition) is 2. The van der Waals surface area contributed by atoms with Crippen LogP contribution in [0.25, 0.3) is 0 Å². The molecule has 19 heavy (non-hydrogen) atoms. The van der Waals surface area contributed by atoms with Gasteiger partial charge in [-0.25, -0.2) is 0 Å². The van der Waals surface area contributed by atoms with Crippen LogP contribution in [-0.2, 0) is 4.57 Å². The van der Waals surface area contributed by atoms with Crippen molar-refractivity contribution < 1.29 is 4.57 Å². The molecule has 0 N–H and O–H groups in total. The van der Waals surface area contributed by atoms with Crippen LogP contribution in [0.5, 0.6) is 0 Å². The zero-order chi connectivity index (χ0) is 14.0. The molecule has 0 atom stereocenters. The van der Waals surface area contributed by atoms with Crippen molar-refractivity contribution in [1.29, 1.82) is 0 Å². The summed E-state index contributed by atoms with van der Waals surface area (Å²) in [4.78, 5) is 1.17. The van der Waals surface area contributed by atoms with Gasteiger partial charge in [0.2, 0.25) is 0 Å². The summed E-state index contributed by atoms with van der Waals surface area (Å²) in [6.45, 7) is 4.40. The van der Waals surface area contributed by atoms with E-state index in [-0.39, 0.29) is 0 Å². The van der Waals surface area contributed by atoms with Crippen LogP contribution in [0.1, 0.15) is 52.4 Å². The maximum Gasteiger partial charge on any atom is 0.143 e. The molecule has 0 unspecified atom stereocenters. The largest absolute Gasteiger partial charge is 0.312 e.